The Morgan fingerprint density at radius 3 is 2.48 bits per heavy atom. The number of pyridine rings is 1. The molecule has 0 saturated heterocycles. The van der Waals surface area contributed by atoms with Gasteiger partial charge in [0.1, 0.15) is 5.82 Å². The lowest BCUT2D eigenvalue weighted by Crippen LogP contribution is -2.51. The number of hydrogen-bond donors (Lipinski definition) is 3. The Hall–Kier alpha value is -3.38. The van der Waals surface area contributed by atoms with Gasteiger partial charge in [0.2, 0.25) is 0 Å². The lowest BCUT2D eigenvalue weighted by molar-refractivity contribution is -0.174. The maximum Gasteiger partial charge on any atom is 0.472 e. The third-order valence-electron chi connectivity index (χ3n) is 4.25. The Morgan fingerprint density at radius 1 is 1.15 bits per heavy atom. The van der Waals surface area contributed by atoms with Crippen LogP contribution in [0, 0.1) is 5.82 Å². The van der Waals surface area contributed by atoms with Crippen molar-refractivity contribution in [2.45, 2.75) is 19.1 Å². The van der Waals surface area contributed by atoms with Gasteiger partial charge in [-0.1, -0.05) is 23.2 Å². The summed E-state index contributed by atoms with van der Waals surface area (Å²) in [7, 11) is 0. The molecule has 0 spiro atoms. The Kier molecular flexibility index (Phi) is 7.08. The molecule has 0 radical (unpaired) electrons. The molecule has 0 aliphatic heterocycles. The highest BCUT2D eigenvalue weighted by Gasteiger charge is 2.39. The van der Waals surface area contributed by atoms with E-state index in [0.717, 1.165) is 6.07 Å². The van der Waals surface area contributed by atoms with Gasteiger partial charge in [0.15, 0.2) is 0 Å². The van der Waals surface area contributed by atoms with Crippen LogP contribution in [0.5, 0.6) is 0 Å². The highest BCUT2D eigenvalue weighted by molar-refractivity contribution is 6.36. The first kappa shape index (κ1) is 24.3. The van der Waals surface area contributed by atoms with Gasteiger partial charge in [-0.3, -0.25) is 15.2 Å². The van der Waals surface area contributed by atoms with E-state index in [4.69, 9.17) is 23.2 Å². The van der Waals surface area contributed by atoms with E-state index in [1.165, 1.54) is 40.9 Å². The van der Waals surface area contributed by atoms with Gasteiger partial charge >= 0.3 is 18.1 Å². The number of aromatic nitrogens is 3. The molecule has 0 bridgehead atoms. The fourth-order valence-corrected chi connectivity index (χ4v) is 3.40. The summed E-state index contributed by atoms with van der Waals surface area (Å²) >= 11 is 12.4. The Labute approximate surface area is 193 Å². The van der Waals surface area contributed by atoms with E-state index >= 15 is 0 Å². The number of benzene rings is 1. The SMILES string of the molecule is C[C@@H](NC(=O)NNC(=O)C(F)(F)F)c1ncc(-c2cc(Cl)cc(Cl)c2-n2cccn2)cc1F. The minimum absolute atomic E-state index is 0.204. The van der Waals surface area contributed by atoms with Crippen molar-refractivity contribution in [3.63, 3.8) is 0 Å². The summed E-state index contributed by atoms with van der Waals surface area (Å²) in [5, 5.41) is 6.85. The molecule has 0 saturated carbocycles. The smallest absolute Gasteiger partial charge is 0.329 e. The van der Waals surface area contributed by atoms with Crippen LogP contribution in [-0.2, 0) is 4.79 Å². The Balaban J connectivity index is 1.81. The summed E-state index contributed by atoms with van der Waals surface area (Å²) in [6.45, 7) is 1.35. The molecular formula is C19H14Cl2F4N6O2. The molecule has 2 heterocycles. The van der Waals surface area contributed by atoms with Gasteiger partial charge < -0.3 is 5.32 Å². The predicted molar refractivity (Wildman–Crippen MR) is 111 cm³/mol. The minimum atomic E-state index is -5.18. The van der Waals surface area contributed by atoms with E-state index in [1.54, 1.807) is 18.3 Å². The van der Waals surface area contributed by atoms with E-state index in [0.29, 0.717) is 21.8 Å². The number of rotatable bonds is 4. The minimum Gasteiger partial charge on any atom is -0.329 e. The second kappa shape index (κ2) is 9.63. The number of alkyl halides is 3. The molecule has 14 heteroatoms. The molecule has 0 fully saturated rings. The normalized spacial score (nSPS) is 12.2. The average molecular weight is 505 g/mol. The van der Waals surface area contributed by atoms with Crippen molar-refractivity contribution in [2.75, 3.05) is 0 Å². The zero-order valence-electron chi connectivity index (χ0n) is 16.5. The van der Waals surface area contributed by atoms with Gasteiger partial charge in [-0.05, 0) is 31.2 Å². The maximum atomic E-state index is 14.8. The van der Waals surface area contributed by atoms with Gasteiger partial charge in [0.25, 0.3) is 0 Å². The van der Waals surface area contributed by atoms with Crippen LogP contribution in [0.3, 0.4) is 0 Å². The second-order valence-electron chi connectivity index (χ2n) is 6.60. The fourth-order valence-electron chi connectivity index (χ4n) is 2.82. The van der Waals surface area contributed by atoms with Crippen LogP contribution in [-0.4, -0.2) is 32.9 Å². The number of hydrazine groups is 1. The van der Waals surface area contributed by atoms with Crippen molar-refractivity contribution in [1.82, 2.24) is 30.9 Å². The first-order valence-electron chi connectivity index (χ1n) is 9.06. The van der Waals surface area contributed by atoms with Crippen molar-refractivity contribution < 1.29 is 27.2 Å². The van der Waals surface area contributed by atoms with Crippen LogP contribution in [0.1, 0.15) is 18.7 Å². The lowest BCUT2D eigenvalue weighted by Gasteiger charge is -2.17. The van der Waals surface area contributed by atoms with E-state index in [2.05, 4.69) is 15.4 Å². The van der Waals surface area contributed by atoms with Crippen LogP contribution >= 0.6 is 23.2 Å². The summed E-state index contributed by atoms with van der Waals surface area (Å²) in [5.74, 6) is -3.19. The number of carbonyl (C=O) groups is 2. The quantitative estimate of drug-likeness (QED) is 0.363. The summed E-state index contributed by atoms with van der Waals surface area (Å²) in [6, 6.07) is 3.61. The highest BCUT2D eigenvalue weighted by atomic mass is 35.5. The van der Waals surface area contributed by atoms with E-state index in [9.17, 15) is 27.2 Å². The topological polar surface area (TPSA) is 101 Å². The van der Waals surface area contributed by atoms with Gasteiger partial charge in [0, 0.05) is 34.7 Å². The van der Waals surface area contributed by atoms with Crippen molar-refractivity contribution >= 4 is 35.1 Å². The van der Waals surface area contributed by atoms with Crippen molar-refractivity contribution in [2.24, 2.45) is 0 Å². The number of carbonyl (C=O) groups excluding carboxylic acids is 2. The summed E-state index contributed by atoms with van der Waals surface area (Å²) < 4.78 is 52.8. The van der Waals surface area contributed by atoms with E-state index < -0.39 is 30.0 Å². The van der Waals surface area contributed by atoms with E-state index in [1.807, 2.05) is 0 Å². The molecule has 1 aromatic carbocycles. The zero-order valence-corrected chi connectivity index (χ0v) is 18.1. The average Bonchev–Trinajstić information content (AvgIpc) is 3.24. The van der Waals surface area contributed by atoms with Crippen molar-refractivity contribution in [1.29, 1.82) is 0 Å². The maximum absolute atomic E-state index is 14.8. The largest absolute Gasteiger partial charge is 0.472 e. The van der Waals surface area contributed by atoms with Gasteiger partial charge in [0.05, 0.1) is 22.4 Å². The van der Waals surface area contributed by atoms with Gasteiger partial charge in [-0.15, -0.1) is 0 Å². The van der Waals surface area contributed by atoms with Crippen LogP contribution in [0.4, 0.5) is 22.4 Å². The van der Waals surface area contributed by atoms with Crippen LogP contribution < -0.4 is 16.2 Å². The predicted octanol–water partition coefficient (Wildman–Crippen LogP) is 4.33. The molecule has 8 nitrogen and oxygen atoms in total. The number of nitrogens with one attached hydrogen (secondary N) is 3. The lowest BCUT2D eigenvalue weighted by atomic mass is 10.0. The van der Waals surface area contributed by atoms with Crippen LogP contribution in [0.25, 0.3) is 16.8 Å². The van der Waals surface area contributed by atoms with Gasteiger partial charge in [-0.2, -0.15) is 18.3 Å². The molecule has 0 aliphatic carbocycles. The van der Waals surface area contributed by atoms with Gasteiger partial charge in [-0.25, -0.2) is 19.3 Å². The zero-order chi connectivity index (χ0) is 24.3. The van der Waals surface area contributed by atoms with Crippen LogP contribution in [0.2, 0.25) is 10.0 Å². The second-order valence-corrected chi connectivity index (χ2v) is 7.44. The molecular weight excluding hydrogens is 491 g/mol. The molecule has 3 aromatic rings. The fraction of sp³-hybridized carbons (Fsp3) is 0.158. The van der Waals surface area contributed by atoms with Crippen molar-refractivity contribution in [3.05, 3.63) is 64.4 Å². The molecule has 33 heavy (non-hydrogen) atoms. The first-order valence-corrected chi connectivity index (χ1v) is 9.81. The molecule has 3 rings (SSSR count). The third-order valence-corrected chi connectivity index (χ3v) is 4.75. The first-order chi connectivity index (χ1) is 15.5. The number of halogens is 6. The molecule has 0 unspecified atom stereocenters. The Morgan fingerprint density at radius 2 is 1.88 bits per heavy atom. The number of hydrogen-bond acceptors (Lipinski definition) is 4. The number of amides is 3. The summed E-state index contributed by atoms with van der Waals surface area (Å²) in [5.41, 5.74) is 3.67. The molecule has 2 aromatic heterocycles. The van der Waals surface area contributed by atoms with E-state index in [-0.39, 0.29) is 10.7 Å². The summed E-state index contributed by atoms with van der Waals surface area (Å²) in [6.07, 6.45) is -0.694. The third kappa shape index (κ3) is 5.71. The Bertz CT molecular complexity index is 1190. The molecule has 174 valence electrons. The molecule has 0 aliphatic rings. The number of urea groups is 1. The number of nitrogens with zero attached hydrogens (tertiary/aromatic N) is 3. The van der Waals surface area contributed by atoms with Crippen molar-refractivity contribution in [3.8, 4) is 16.8 Å². The summed E-state index contributed by atoms with van der Waals surface area (Å²) in [4.78, 5) is 26.5. The molecule has 3 amide bonds. The monoisotopic (exact) mass is 504 g/mol. The molecule has 1 atom stereocenters. The van der Waals surface area contributed by atoms with Crippen LogP contribution in [0.15, 0.2) is 42.9 Å². The standard InChI is InChI=1S/C19H14Cl2F4N6O2/c1-9(28-18(33)30-29-17(32)19(23,24)25)15-14(22)5-10(8-26-15)12-6-11(20)7-13(21)16(12)31-4-2-3-27-31/h2-9H,1H3,(H,29,32)(H2,28,30,33)/t9-/m1/s1. The molecule has 3 N–H and O–H groups in total. The highest BCUT2D eigenvalue weighted by Crippen LogP contribution is 2.35.